The SMILES string of the molecule is CN1C(=O)N(CC(=O)OCc2cc3ccccc3o2)C(=O)C12CCCCC2. The molecule has 2 heterocycles. The summed E-state index contributed by atoms with van der Waals surface area (Å²) in [5.41, 5.74) is -0.0664. The van der Waals surface area contributed by atoms with Crippen molar-refractivity contribution in [3.05, 3.63) is 36.1 Å². The van der Waals surface area contributed by atoms with Crippen LogP contribution in [0.3, 0.4) is 0 Å². The molecule has 2 aromatic rings. The van der Waals surface area contributed by atoms with Crippen molar-refractivity contribution in [2.45, 2.75) is 44.2 Å². The normalized spacial score (nSPS) is 19.3. The second-order valence-electron chi connectivity index (χ2n) is 7.24. The third-order valence-electron chi connectivity index (χ3n) is 5.62. The first kappa shape index (κ1) is 17.6. The Morgan fingerprint density at radius 3 is 2.67 bits per heavy atom. The molecule has 1 saturated heterocycles. The average Bonchev–Trinajstić information content (AvgIpc) is 3.18. The van der Waals surface area contributed by atoms with E-state index >= 15 is 0 Å². The number of furan rings is 1. The topological polar surface area (TPSA) is 80.1 Å². The second-order valence-corrected chi connectivity index (χ2v) is 7.24. The van der Waals surface area contributed by atoms with Gasteiger partial charge in [-0.2, -0.15) is 0 Å². The maximum absolute atomic E-state index is 12.9. The van der Waals surface area contributed by atoms with Crippen molar-refractivity contribution in [1.29, 1.82) is 0 Å². The Kier molecular flexibility index (Phi) is 4.37. The predicted molar refractivity (Wildman–Crippen MR) is 96.7 cm³/mol. The van der Waals surface area contributed by atoms with Gasteiger partial charge in [0.1, 0.15) is 30.0 Å². The molecule has 0 N–H and O–H groups in total. The maximum atomic E-state index is 12.9. The number of imide groups is 1. The lowest BCUT2D eigenvalue weighted by Gasteiger charge is -2.35. The number of fused-ring (bicyclic) bond motifs is 1. The van der Waals surface area contributed by atoms with Gasteiger partial charge in [-0.05, 0) is 25.0 Å². The van der Waals surface area contributed by atoms with Crippen molar-refractivity contribution in [3.8, 4) is 0 Å². The van der Waals surface area contributed by atoms with Crippen LogP contribution in [0.4, 0.5) is 4.79 Å². The fourth-order valence-corrected chi connectivity index (χ4v) is 4.11. The molecule has 1 saturated carbocycles. The molecule has 1 spiro atoms. The molecule has 0 bridgehead atoms. The van der Waals surface area contributed by atoms with Crippen LogP contribution >= 0.6 is 0 Å². The zero-order chi connectivity index (χ0) is 19.0. The first-order valence-corrected chi connectivity index (χ1v) is 9.24. The summed E-state index contributed by atoms with van der Waals surface area (Å²) in [5, 5.41) is 0.925. The zero-order valence-electron chi connectivity index (χ0n) is 15.3. The highest BCUT2D eigenvalue weighted by Crippen LogP contribution is 2.39. The molecule has 7 heteroatoms. The van der Waals surface area contributed by atoms with Crippen molar-refractivity contribution in [1.82, 2.24) is 9.80 Å². The van der Waals surface area contributed by atoms with Crippen molar-refractivity contribution in [3.63, 3.8) is 0 Å². The second kappa shape index (κ2) is 6.72. The smallest absolute Gasteiger partial charge is 0.327 e. The van der Waals surface area contributed by atoms with Crippen LogP contribution in [0.5, 0.6) is 0 Å². The van der Waals surface area contributed by atoms with Crippen LogP contribution in [0.2, 0.25) is 0 Å². The fourth-order valence-electron chi connectivity index (χ4n) is 4.11. The van der Waals surface area contributed by atoms with Crippen LogP contribution in [-0.4, -0.2) is 46.8 Å². The van der Waals surface area contributed by atoms with E-state index in [9.17, 15) is 14.4 Å². The number of nitrogens with zero attached hydrogens (tertiary/aromatic N) is 2. The van der Waals surface area contributed by atoms with E-state index in [4.69, 9.17) is 9.15 Å². The third kappa shape index (κ3) is 2.97. The highest BCUT2D eigenvalue weighted by molar-refractivity contribution is 6.08. The molecule has 2 aliphatic rings. The van der Waals surface area contributed by atoms with Gasteiger partial charge in [0.2, 0.25) is 0 Å². The molecule has 4 rings (SSSR count). The number of likely N-dealkylation sites (N-methyl/N-ethyl adjacent to an activating group) is 1. The Morgan fingerprint density at radius 1 is 1.19 bits per heavy atom. The molecule has 7 nitrogen and oxygen atoms in total. The molecule has 2 fully saturated rings. The van der Waals surface area contributed by atoms with Crippen LogP contribution in [0.15, 0.2) is 34.7 Å². The molecule has 3 amide bonds. The van der Waals surface area contributed by atoms with Gasteiger partial charge in [-0.15, -0.1) is 0 Å². The van der Waals surface area contributed by atoms with E-state index in [1.807, 2.05) is 24.3 Å². The summed E-state index contributed by atoms with van der Waals surface area (Å²) < 4.78 is 10.8. The van der Waals surface area contributed by atoms with Crippen LogP contribution in [0.1, 0.15) is 37.9 Å². The number of para-hydroxylation sites is 1. The van der Waals surface area contributed by atoms with Crippen molar-refractivity contribution < 1.29 is 23.5 Å². The summed E-state index contributed by atoms with van der Waals surface area (Å²) in [6.45, 7) is -0.408. The molecule has 0 radical (unpaired) electrons. The minimum atomic E-state index is -0.783. The third-order valence-corrected chi connectivity index (χ3v) is 5.62. The van der Waals surface area contributed by atoms with Crippen molar-refractivity contribution >= 4 is 28.9 Å². The molecular formula is C20H22N2O5. The number of amides is 3. The quantitative estimate of drug-likeness (QED) is 0.610. The summed E-state index contributed by atoms with van der Waals surface area (Å²) in [7, 11) is 1.64. The Balaban J connectivity index is 1.40. The monoisotopic (exact) mass is 370 g/mol. The average molecular weight is 370 g/mol. The largest absolute Gasteiger partial charge is 0.457 e. The van der Waals surface area contributed by atoms with Crippen LogP contribution in [0, 0.1) is 0 Å². The number of hydrogen-bond acceptors (Lipinski definition) is 5. The predicted octanol–water partition coefficient (Wildman–Crippen LogP) is 3.07. The van der Waals surface area contributed by atoms with E-state index in [0.717, 1.165) is 29.5 Å². The van der Waals surface area contributed by atoms with Crippen molar-refractivity contribution in [2.75, 3.05) is 13.6 Å². The lowest BCUT2D eigenvalue weighted by atomic mass is 9.81. The first-order valence-electron chi connectivity index (χ1n) is 9.24. The number of ether oxygens (including phenoxy) is 1. The standard InChI is InChI=1S/C20H22N2O5/c1-21-19(25)22(18(24)20(21)9-5-2-6-10-20)12-17(23)26-13-15-11-14-7-3-4-8-16(14)27-15/h3-4,7-8,11H,2,5-6,9-10,12-13H2,1H3. The van der Waals surface area contributed by atoms with Crippen LogP contribution in [0.25, 0.3) is 11.0 Å². The van der Waals surface area contributed by atoms with E-state index in [0.29, 0.717) is 24.2 Å². The van der Waals surface area contributed by atoms with Gasteiger partial charge in [0.15, 0.2) is 0 Å². The number of rotatable bonds is 4. The molecule has 1 aliphatic heterocycles. The molecule has 142 valence electrons. The van der Waals surface area contributed by atoms with Gasteiger partial charge in [-0.3, -0.25) is 14.5 Å². The molecule has 0 unspecified atom stereocenters. The number of carbonyl (C=O) groups is 3. The summed E-state index contributed by atoms with van der Waals surface area (Å²) in [4.78, 5) is 40.1. The number of carbonyl (C=O) groups excluding carboxylic acids is 3. The Hall–Kier alpha value is -2.83. The number of hydrogen-bond donors (Lipinski definition) is 0. The van der Waals surface area contributed by atoms with E-state index in [-0.39, 0.29) is 19.1 Å². The molecule has 27 heavy (non-hydrogen) atoms. The summed E-state index contributed by atoms with van der Waals surface area (Å²) in [6.07, 6.45) is 4.19. The Labute approximate surface area is 156 Å². The van der Waals surface area contributed by atoms with E-state index < -0.39 is 17.5 Å². The van der Waals surface area contributed by atoms with Gasteiger partial charge < -0.3 is 14.1 Å². The van der Waals surface area contributed by atoms with Gasteiger partial charge in [-0.1, -0.05) is 37.5 Å². The molecule has 1 aromatic heterocycles. The van der Waals surface area contributed by atoms with E-state index in [2.05, 4.69) is 0 Å². The highest BCUT2D eigenvalue weighted by Gasteiger charge is 2.55. The number of esters is 1. The Bertz CT molecular complexity index is 864. The summed E-state index contributed by atoms with van der Waals surface area (Å²) in [5.74, 6) is -0.390. The van der Waals surface area contributed by atoms with Crippen molar-refractivity contribution in [2.24, 2.45) is 0 Å². The Morgan fingerprint density at radius 2 is 1.93 bits per heavy atom. The summed E-state index contributed by atoms with van der Waals surface area (Å²) >= 11 is 0. The molecule has 0 atom stereocenters. The van der Waals surface area contributed by atoms with Gasteiger partial charge in [0.05, 0.1) is 0 Å². The van der Waals surface area contributed by atoms with E-state index in [1.54, 1.807) is 13.1 Å². The molecular weight excluding hydrogens is 348 g/mol. The minimum Gasteiger partial charge on any atom is -0.457 e. The lowest BCUT2D eigenvalue weighted by Crippen LogP contribution is -2.49. The van der Waals surface area contributed by atoms with Gasteiger partial charge in [0, 0.05) is 12.4 Å². The van der Waals surface area contributed by atoms with Gasteiger partial charge in [-0.25, -0.2) is 4.79 Å². The zero-order valence-corrected chi connectivity index (χ0v) is 15.3. The molecule has 1 aromatic carbocycles. The highest BCUT2D eigenvalue weighted by atomic mass is 16.5. The number of benzene rings is 1. The van der Waals surface area contributed by atoms with Crippen LogP contribution < -0.4 is 0 Å². The fraction of sp³-hybridized carbons (Fsp3) is 0.450. The number of urea groups is 1. The lowest BCUT2D eigenvalue weighted by molar-refractivity contribution is -0.149. The van der Waals surface area contributed by atoms with Gasteiger partial charge in [0.25, 0.3) is 5.91 Å². The van der Waals surface area contributed by atoms with Gasteiger partial charge >= 0.3 is 12.0 Å². The van der Waals surface area contributed by atoms with Crippen LogP contribution in [-0.2, 0) is 20.9 Å². The van der Waals surface area contributed by atoms with E-state index in [1.165, 1.54) is 4.90 Å². The maximum Gasteiger partial charge on any atom is 0.327 e. The summed E-state index contributed by atoms with van der Waals surface area (Å²) in [6, 6.07) is 8.88. The first-order chi connectivity index (χ1) is 13.0. The molecule has 1 aliphatic carbocycles. The minimum absolute atomic E-state index is 0.0370.